The van der Waals surface area contributed by atoms with E-state index in [0.717, 1.165) is 10.9 Å². The molecule has 3 aromatic carbocycles. The highest BCUT2D eigenvalue weighted by Gasteiger charge is 2.13. The van der Waals surface area contributed by atoms with Crippen LogP contribution in [0.4, 0.5) is 0 Å². The van der Waals surface area contributed by atoms with Crippen molar-refractivity contribution >= 4 is 34.0 Å². The summed E-state index contributed by atoms with van der Waals surface area (Å²) >= 11 is 3.34. The van der Waals surface area contributed by atoms with Crippen molar-refractivity contribution in [3.05, 3.63) is 82.3 Å². The van der Waals surface area contributed by atoms with Crippen LogP contribution in [-0.4, -0.2) is 37.9 Å². The van der Waals surface area contributed by atoms with Crippen molar-refractivity contribution in [2.75, 3.05) is 19.8 Å². The molecule has 0 atom stereocenters. The predicted octanol–water partition coefficient (Wildman–Crippen LogP) is 5.38. The molecule has 0 unspecified atom stereocenters. The number of nitrogens with zero attached hydrogens (tertiary/aromatic N) is 1. The van der Waals surface area contributed by atoms with Crippen LogP contribution >= 0.6 is 15.9 Å². The molecule has 0 radical (unpaired) electrons. The molecular formula is C27H27BrN2O6. The highest BCUT2D eigenvalue weighted by molar-refractivity contribution is 9.10. The Bertz CT molecular complexity index is 1180. The van der Waals surface area contributed by atoms with Crippen molar-refractivity contribution in [3.63, 3.8) is 0 Å². The summed E-state index contributed by atoms with van der Waals surface area (Å²) in [7, 11) is 0. The summed E-state index contributed by atoms with van der Waals surface area (Å²) in [5.41, 5.74) is 3.44. The number of halogens is 1. The Morgan fingerprint density at radius 2 is 1.58 bits per heavy atom. The lowest BCUT2D eigenvalue weighted by atomic mass is 10.2. The number of benzene rings is 3. The number of ether oxygens (including phenoxy) is 4. The molecule has 1 N–H and O–H groups in total. The van der Waals surface area contributed by atoms with Gasteiger partial charge in [-0.15, -0.1) is 0 Å². The van der Waals surface area contributed by atoms with Crippen molar-refractivity contribution in [1.82, 2.24) is 5.43 Å². The summed E-state index contributed by atoms with van der Waals surface area (Å²) in [6, 6.07) is 18.9. The number of hydrogen-bond donors (Lipinski definition) is 1. The van der Waals surface area contributed by atoms with E-state index in [-0.39, 0.29) is 12.4 Å². The smallest absolute Gasteiger partial charge is 0.343 e. The molecule has 8 nitrogen and oxygen atoms in total. The first kappa shape index (κ1) is 26.7. The van der Waals surface area contributed by atoms with Gasteiger partial charge in [-0.3, -0.25) is 4.79 Å². The molecule has 0 aliphatic heterocycles. The minimum absolute atomic E-state index is 0.177. The van der Waals surface area contributed by atoms with Crippen LogP contribution in [0.1, 0.15) is 36.2 Å². The van der Waals surface area contributed by atoms with Crippen LogP contribution in [0.25, 0.3) is 0 Å². The fourth-order valence-corrected chi connectivity index (χ4v) is 3.18. The molecule has 188 valence electrons. The van der Waals surface area contributed by atoms with Crippen molar-refractivity contribution < 1.29 is 28.5 Å². The minimum Gasteiger partial charge on any atom is -0.494 e. The second kappa shape index (κ2) is 13.9. The summed E-state index contributed by atoms with van der Waals surface area (Å²) in [6.07, 6.45) is 2.36. The van der Waals surface area contributed by atoms with E-state index in [1.807, 2.05) is 26.0 Å². The average molecular weight is 555 g/mol. The summed E-state index contributed by atoms with van der Waals surface area (Å²) in [6.45, 7) is 4.66. The van der Waals surface area contributed by atoms with Crippen LogP contribution in [0.3, 0.4) is 0 Å². The summed E-state index contributed by atoms with van der Waals surface area (Å²) < 4.78 is 23.0. The number of amides is 1. The van der Waals surface area contributed by atoms with Gasteiger partial charge in [0.25, 0.3) is 5.91 Å². The van der Waals surface area contributed by atoms with Gasteiger partial charge in [0.15, 0.2) is 18.1 Å². The topological polar surface area (TPSA) is 95.5 Å². The van der Waals surface area contributed by atoms with E-state index >= 15 is 0 Å². The van der Waals surface area contributed by atoms with E-state index in [2.05, 4.69) is 26.5 Å². The first-order valence-electron chi connectivity index (χ1n) is 11.4. The molecule has 0 fully saturated rings. The summed E-state index contributed by atoms with van der Waals surface area (Å²) in [5.74, 6) is 0.997. The highest BCUT2D eigenvalue weighted by atomic mass is 79.9. The lowest BCUT2D eigenvalue weighted by Crippen LogP contribution is -2.24. The van der Waals surface area contributed by atoms with Crippen LogP contribution in [0.5, 0.6) is 23.0 Å². The maximum Gasteiger partial charge on any atom is 0.343 e. The van der Waals surface area contributed by atoms with Gasteiger partial charge in [0.2, 0.25) is 0 Å². The number of esters is 1. The zero-order valence-corrected chi connectivity index (χ0v) is 21.6. The normalized spacial score (nSPS) is 10.6. The van der Waals surface area contributed by atoms with Gasteiger partial charge in [-0.25, -0.2) is 10.2 Å². The average Bonchev–Trinajstić information content (AvgIpc) is 2.89. The molecule has 3 aromatic rings. The fraction of sp³-hybridized carbons (Fsp3) is 0.222. The van der Waals surface area contributed by atoms with E-state index in [0.29, 0.717) is 41.6 Å². The monoisotopic (exact) mass is 554 g/mol. The van der Waals surface area contributed by atoms with Crippen molar-refractivity contribution in [1.29, 1.82) is 0 Å². The number of hydrogen-bond acceptors (Lipinski definition) is 7. The first-order chi connectivity index (χ1) is 17.5. The molecule has 9 heteroatoms. The Morgan fingerprint density at radius 1 is 0.889 bits per heavy atom. The first-order valence-corrected chi connectivity index (χ1v) is 12.2. The SMILES string of the molecule is CCCOc1ccc(C(=O)Oc2ccc(/C=N/NC(=O)COc3ccc(Br)cc3)cc2OCC)cc1. The Labute approximate surface area is 218 Å². The predicted molar refractivity (Wildman–Crippen MR) is 140 cm³/mol. The summed E-state index contributed by atoms with van der Waals surface area (Å²) in [5, 5.41) is 3.95. The third-order valence-electron chi connectivity index (χ3n) is 4.62. The number of carbonyl (C=O) groups excluding carboxylic acids is 2. The summed E-state index contributed by atoms with van der Waals surface area (Å²) in [4.78, 5) is 24.6. The van der Waals surface area contributed by atoms with Crippen molar-refractivity contribution in [2.24, 2.45) is 5.10 Å². The van der Waals surface area contributed by atoms with Gasteiger partial charge < -0.3 is 18.9 Å². The van der Waals surface area contributed by atoms with Crippen LogP contribution in [0.15, 0.2) is 76.3 Å². The molecule has 0 saturated heterocycles. The Hall–Kier alpha value is -3.85. The molecule has 0 saturated carbocycles. The zero-order valence-electron chi connectivity index (χ0n) is 20.0. The van der Waals surface area contributed by atoms with E-state index < -0.39 is 11.9 Å². The minimum atomic E-state index is -0.516. The van der Waals surface area contributed by atoms with Gasteiger partial charge in [0.05, 0.1) is 25.0 Å². The number of nitrogens with one attached hydrogen (secondary N) is 1. The standard InChI is InChI=1S/C27H27BrN2O6/c1-3-15-34-22-10-6-20(7-11-22)27(32)36-24-14-5-19(16-25(24)33-4-2)17-29-30-26(31)18-35-23-12-8-21(28)9-13-23/h5-14,16-17H,3-4,15,18H2,1-2H3,(H,30,31)/b29-17+. The molecule has 0 aliphatic carbocycles. The number of rotatable bonds is 12. The Kier molecular flexibility index (Phi) is 10.3. The third kappa shape index (κ3) is 8.42. The molecule has 3 rings (SSSR count). The van der Waals surface area contributed by atoms with Crippen molar-refractivity contribution in [2.45, 2.75) is 20.3 Å². The van der Waals surface area contributed by atoms with E-state index in [1.54, 1.807) is 54.6 Å². The van der Waals surface area contributed by atoms with E-state index in [9.17, 15) is 9.59 Å². The van der Waals surface area contributed by atoms with Gasteiger partial charge in [-0.2, -0.15) is 5.10 Å². The van der Waals surface area contributed by atoms with Crippen LogP contribution in [0.2, 0.25) is 0 Å². The molecule has 0 heterocycles. The van der Waals surface area contributed by atoms with Gasteiger partial charge >= 0.3 is 5.97 Å². The van der Waals surface area contributed by atoms with Gasteiger partial charge in [-0.05, 0) is 85.6 Å². The van der Waals surface area contributed by atoms with Crippen LogP contribution in [0, 0.1) is 0 Å². The Balaban J connectivity index is 1.57. The second-order valence-electron chi connectivity index (χ2n) is 7.44. The second-order valence-corrected chi connectivity index (χ2v) is 8.35. The quantitative estimate of drug-likeness (QED) is 0.140. The fourth-order valence-electron chi connectivity index (χ4n) is 2.91. The number of hydrazone groups is 1. The highest BCUT2D eigenvalue weighted by Crippen LogP contribution is 2.29. The lowest BCUT2D eigenvalue weighted by molar-refractivity contribution is -0.123. The molecule has 1 amide bonds. The molecule has 0 aromatic heterocycles. The van der Waals surface area contributed by atoms with E-state index in [4.69, 9.17) is 18.9 Å². The molecule has 0 aliphatic rings. The molecule has 0 spiro atoms. The van der Waals surface area contributed by atoms with Crippen molar-refractivity contribution in [3.8, 4) is 23.0 Å². The third-order valence-corrected chi connectivity index (χ3v) is 5.15. The Morgan fingerprint density at radius 3 is 2.28 bits per heavy atom. The maximum absolute atomic E-state index is 12.6. The molecule has 36 heavy (non-hydrogen) atoms. The largest absolute Gasteiger partial charge is 0.494 e. The van der Waals surface area contributed by atoms with E-state index in [1.165, 1.54) is 6.21 Å². The van der Waals surface area contributed by atoms with Gasteiger partial charge in [0.1, 0.15) is 11.5 Å². The van der Waals surface area contributed by atoms with Gasteiger partial charge in [-0.1, -0.05) is 22.9 Å². The number of carbonyl (C=O) groups is 2. The van der Waals surface area contributed by atoms with Gasteiger partial charge in [0, 0.05) is 4.47 Å². The lowest BCUT2D eigenvalue weighted by Gasteiger charge is -2.12. The molecule has 0 bridgehead atoms. The maximum atomic E-state index is 12.6. The van der Waals surface area contributed by atoms with Crippen LogP contribution in [-0.2, 0) is 4.79 Å². The zero-order chi connectivity index (χ0) is 25.8. The van der Waals surface area contributed by atoms with Crippen LogP contribution < -0.4 is 24.4 Å². The molecular weight excluding hydrogens is 528 g/mol.